The van der Waals surface area contributed by atoms with E-state index < -0.39 is 12.7 Å². The minimum atomic E-state index is -4.19. The molecule has 7 fully saturated rings. The second-order valence-electron chi connectivity index (χ2n) is 45.0. The van der Waals surface area contributed by atoms with Gasteiger partial charge >= 0.3 is 6.18 Å². The molecule has 28 nitrogen and oxygen atoms in total. The molecule has 7 aliphatic rings. The molecular weight excluding hydrogens is 1730 g/mol. The van der Waals surface area contributed by atoms with Crippen molar-refractivity contribution >= 4 is 46.9 Å². The molecule has 14 rings (SSSR count). The number of unbranched alkanes of at least 4 members (excludes halogenated alkanes) is 1. The average molecular weight is 1890 g/mol. The van der Waals surface area contributed by atoms with Crippen LogP contribution in [0.2, 0.25) is 0 Å². The molecule has 752 valence electrons. The summed E-state index contributed by atoms with van der Waals surface area (Å²) >= 11 is 0. The van der Waals surface area contributed by atoms with Crippen LogP contribution in [0.5, 0.6) is 11.8 Å². The Kier molecular flexibility index (Phi) is 41.0. The molecule has 2 aliphatic carbocycles. The fourth-order valence-corrected chi connectivity index (χ4v) is 15.0. The fraction of sp³-hybridized carbons (Fsp3) is 0.673. The molecule has 0 aromatic carbocycles. The second-order valence-corrected chi connectivity index (χ2v) is 45.0. The summed E-state index contributed by atoms with van der Waals surface area (Å²) in [4.78, 5) is 107. The minimum Gasteiger partial charge on any atom is -0.478 e. The summed E-state index contributed by atoms with van der Waals surface area (Å²) in [6.07, 6.45) is 20.3. The molecule has 32 heteroatoms. The Bertz CT molecular complexity index is 4860. The standard InChI is InChI=1S/C18H28N4O.C17H26N4O.C16H26N4O.C15H24N4O.C13H19F3N2O.C13H21NO.C12H17FN2O/c1-18(2,3)15-11-16(20-12-19-15)21-14-7-9-22(10-8-14)17(23)13-5-4-6-13;1-17(2,3)14-10-15(19-11-18-14)20-13-6-8-21(9-7-13)16(22)12-4-5-12;1-11(2)6-15(21)20-8-12(9-20)19-14-7-13(16(3,4)5)17-10-18-14;1-10(2)14(20)19-7-11(8-19)18-13-6-12(15(3,4)5)16-9-17-13;1-12(2,3)10-4-5-18-11(8-10)19-7-6-17-9-13(14,15)16;1-5-6-9-15-12-10-11(7-8-14-12)13(2,3)4;1-12(2,3)11-10(13)9(14-7-15-11)4-8-5-16-6-8/h11-14H,4-10H2,1-3H3,(H,19,20,21);10-13H,4-9H2,1-3H3,(H,18,19,20);7,10-12H,6,8-9H2,1-5H3,(H,17,18,19);6,9-11H,7-8H2,1-5H3,(H,16,17,18);4-5,8,17H,6-7,9H2,1-3H3;7-8,10H,5-6,9H2,1-4H3;7-8H,4-6H2,1-3H3. The van der Waals surface area contributed by atoms with Crippen LogP contribution in [0.25, 0.3) is 0 Å². The molecule has 0 atom stereocenters. The van der Waals surface area contributed by atoms with Crippen molar-refractivity contribution in [3.05, 3.63) is 144 Å². The maximum atomic E-state index is 14.1. The average Bonchev–Trinajstić information content (AvgIpc) is 0.837. The fourth-order valence-electron chi connectivity index (χ4n) is 15.0. The third-order valence-corrected chi connectivity index (χ3v) is 24.2. The summed E-state index contributed by atoms with van der Waals surface area (Å²) < 4.78 is 65.7. The number of nitrogens with zero attached hydrogens (tertiary/aromatic N) is 16. The lowest BCUT2D eigenvalue weighted by Crippen LogP contribution is -2.58. The zero-order valence-electron chi connectivity index (χ0n) is 86.5. The Morgan fingerprint density at radius 2 is 0.831 bits per heavy atom. The van der Waals surface area contributed by atoms with E-state index in [0.717, 1.165) is 181 Å². The molecule has 4 amide bonds. The SMILES string of the molecule is CC(C)(C)c1cc(NC2CCN(C(=O)C3CC3)CC2)ncn1.CC(C)(C)c1cc(NC2CCN(C(=O)C3CCC3)CC2)ncn1.CC(C)(C)c1ccnc(OCCNCC(F)(F)F)c1.CC(C)(C)c1ncnc(CC2COC2)c1F.CC(C)C(=O)N1CC(Nc2cc(C(C)(C)C)ncn2)C1.CC(C)CC(=O)N1CC(Nc2cc(C(C)(C)C)ncn2)C1.CCCCOc1cc(C(C)(C)C)ccn1. The Labute approximate surface area is 808 Å². The van der Waals surface area contributed by atoms with Gasteiger partial charge in [-0.05, 0) is 104 Å². The van der Waals surface area contributed by atoms with Crippen LogP contribution in [0.3, 0.4) is 0 Å². The minimum absolute atomic E-state index is 0.0122. The van der Waals surface area contributed by atoms with Crippen LogP contribution in [-0.2, 0) is 68.2 Å². The van der Waals surface area contributed by atoms with Crippen LogP contribution in [0, 0.1) is 35.4 Å². The summed E-state index contributed by atoms with van der Waals surface area (Å²) in [5.41, 5.74) is 7.43. The zero-order chi connectivity index (χ0) is 100. The van der Waals surface area contributed by atoms with Gasteiger partial charge in [0, 0.05) is 177 Å². The lowest BCUT2D eigenvalue weighted by Gasteiger charge is -2.40. The van der Waals surface area contributed by atoms with E-state index in [1.165, 1.54) is 18.3 Å². The van der Waals surface area contributed by atoms with Gasteiger partial charge in [-0.2, -0.15) is 13.2 Å². The van der Waals surface area contributed by atoms with Gasteiger partial charge < -0.3 is 60.4 Å². The highest BCUT2D eigenvalue weighted by Crippen LogP contribution is 2.36. The van der Waals surface area contributed by atoms with E-state index in [9.17, 15) is 36.7 Å². The predicted molar refractivity (Wildman–Crippen MR) is 531 cm³/mol. The molecule has 0 radical (unpaired) electrons. The van der Waals surface area contributed by atoms with Crippen LogP contribution in [0.4, 0.5) is 40.8 Å². The molecule has 136 heavy (non-hydrogen) atoms. The number of halogens is 4. The number of carbonyl (C=O) groups is 4. The summed E-state index contributed by atoms with van der Waals surface area (Å²) in [6, 6.07) is 17.2. The van der Waals surface area contributed by atoms with Crippen LogP contribution >= 0.6 is 0 Å². The van der Waals surface area contributed by atoms with Gasteiger partial charge in [0.05, 0.1) is 72.6 Å². The van der Waals surface area contributed by atoms with Crippen LogP contribution in [0.1, 0.15) is 302 Å². The van der Waals surface area contributed by atoms with Crippen LogP contribution < -0.4 is 36.1 Å². The number of amides is 4. The number of likely N-dealkylation sites (tertiary alicyclic amines) is 4. The number of piperidine rings is 2. The van der Waals surface area contributed by atoms with Crippen molar-refractivity contribution in [2.24, 2.45) is 29.6 Å². The normalized spacial score (nSPS) is 16.6. The number of aromatic nitrogens is 12. The van der Waals surface area contributed by atoms with E-state index in [2.05, 4.69) is 237 Å². The monoisotopic (exact) mass is 1890 g/mol. The van der Waals surface area contributed by atoms with E-state index in [0.29, 0.717) is 103 Å². The molecule has 0 bridgehead atoms. The summed E-state index contributed by atoms with van der Waals surface area (Å²) in [6.45, 7) is 62.5. The third kappa shape index (κ3) is 37.7. The first-order valence-electron chi connectivity index (χ1n) is 49.1. The first-order chi connectivity index (χ1) is 63.6. The molecule has 5 saturated heterocycles. The van der Waals surface area contributed by atoms with E-state index in [1.54, 1.807) is 31.5 Å². The number of alkyl halides is 3. The van der Waals surface area contributed by atoms with Crippen molar-refractivity contribution < 1.29 is 51.0 Å². The van der Waals surface area contributed by atoms with Crippen molar-refractivity contribution in [2.75, 3.05) is 113 Å². The highest BCUT2D eigenvalue weighted by atomic mass is 19.4. The maximum Gasteiger partial charge on any atom is 0.401 e. The molecule has 7 aromatic rings. The lowest BCUT2D eigenvalue weighted by molar-refractivity contribution is -0.139. The van der Waals surface area contributed by atoms with Gasteiger partial charge in [0.1, 0.15) is 61.5 Å². The van der Waals surface area contributed by atoms with Crippen LogP contribution in [0.15, 0.2) is 92.6 Å². The van der Waals surface area contributed by atoms with E-state index in [4.69, 9.17) is 14.2 Å². The number of carbonyl (C=O) groups excluding carboxylic acids is 4. The van der Waals surface area contributed by atoms with Crippen molar-refractivity contribution in [3.63, 3.8) is 0 Å². The Morgan fingerprint density at radius 3 is 1.16 bits per heavy atom. The number of pyridine rings is 2. The quantitative estimate of drug-likeness (QED) is 0.0277. The van der Waals surface area contributed by atoms with E-state index in [1.807, 2.05) is 104 Å². The molecule has 0 spiro atoms. The summed E-state index contributed by atoms with van der Waals surface area (Å²) in [5, 5.41) is 16.0. The van der Waals surface area contributed by atoms with Gasteiger partial charge in [0.15, 0.2) is 5.82 Å². The van der Waals surface area contributed by atoms with Gasteiger partial charge in [-0.3, -0.25) is 19.2 Å². The number of hydrogen-bond acceptors (Lipinski definition) is 24. The maximum absolute atomic E-state index is 14.1. The molecule has 2 saturated carbocycles. The number of anilines is 4. The van der Waals surface area contributed by atoms with E-state index >= 15 is 0 Å². The van der Waals surface area contributed by atoms with E-state index in [-0.39, 0.29) is 74.6 Å². The third-order valence-electron chi connectivity index (χ3n) is 24.2. The number of ether oxygens (including phenoxy) is 3. The summed E-state index contributed by atoms with van der Waals surface area (Å²) in [7, 11) is 0. The molecule has 0 unspecified atom stereocenters. The van der Waals surface area contributed by atoms with Crippen molar-refractivity contribution in [1.82, 2.24) is 84.7 Å². The summed E-state index contributed by atoms with van der Waals surface area (Å²) in [5.74, 6) is 7.18. The zero-order valence-corrected chi connectivity index (χ0v) is 86.5. The number of hydrogen-bond donors (Lipinski definition) is 5. The lowest BCUT2D eigenvalue weighted by atomic mass is 9.84. The van der Waals surface area contributed by atoms with Crippen molar-refractivity contribution in [2.45, 2.75) is 332 Å². The van der Waals surface area contributed by atoms with Gasteiger partial charge in [0.25, 0.3) is 0 Å². The number of rotatable bonds is 24. The topological polar surface area (TPSA) is 324 Å². The van der Waals surface area contributed by atoms with Crippen LogP contribution in [-0.4, -0.2) is 225 Å². The van der Waals surface area contributed by atoms with Gasteiger partial charge in [0.2, 0.25) is 35.4 Å². The van der Waals surface area contributed by atoms with Crippen molar-refractivity contribution in [3.8, 4) is 11.8 Å². The Balaban J connectivity index is 0.000000196. The van der Waals surface area contributed by atoms with Crippen molar-refractivity contribution in [1.29, 1.82) is 0 Å². The Morgan fingerprint density at radius 1 is 0.449 bits per heavy atom. The smallest absolute Gasteiger partial charge is 0.401 e. The second kappa shape index (κ2) is 50.0. The highest BCUT2D eigenvalue weighted by molar-refractivity contribution is 5.81. The molecular formula is C104H161F4N21O7. The van der Waals surface area contributed by atoms with Gasteiger partial charge in [-0.1, -0.05) is 193 Å². The van der Waals surface area contributed by atoms with Gasteiger partial charge in [-0.25, -0.2) is 64.2 Å². The molecule has 5 aliphatic heterocycles. The highest BCUT2D eigenvalue weighted by Gasteiger charge is 2.38. The Hall–Kier alpha value is -9.98. The molecule has 5 N–H and O–H groups in total. The molecule has 12 heterocycles. The largest absolute Gasteiger partial charge is 0.478 e. The first-order valence-corrected chi connectivity index (χ1v) is 49.1. The van der Waals surface area contributed by atoms with Gasteiger partial charge in [-0.15, -0.1) is 0 Å². The number of nitrogens with one attached hydrogen (secondary N) is 5. The predicted octanol–water partition coefficient (Wildman–Crippen LogP) is 18.6. The first kappa shape index (κ1) is 111. The molecule has 7 aromatic heterocycles.